The van der Waals surface area contributed by atoms with Crippen molar-refractivity contribution in [2.45, 2.75) is 26.7 Å². The number of carbonyl (C=O) groups excluding carboxylic acids is 2. The van der Waals surface area contributed by atoms with Gasteiger partial charge >= 0.3 is 12.1 Å². The Bertz CT molecular complexity index is 988. The van der Waals surface area contributed by atoms with Crippen LogP contribution >= 0.6 is 11.8 Å². The molecule has 0 atom stereocenters. The second-order valence-corrected chi connectivity index (χ2v) is 10.6. The maximum atomic E-state index is 12.4. The zero-order valence-electron chi connectivity index (χ0n) is 19.9. The van der Waals surface area contributed by atoms with Gasteiger partial charge in [-0.15, -0.1) is 0 Å². The molecule has 0 aliphatic heterocycles. The van der Waals surface area contributed by atoms with Gasteiger partial charge in [-0.1, -0.05) is 69.3 Å². The fourth-order valence-corrected chi connectivity index (χ4v) is 4.84. The number of aliphatic carboxylic acids is 1. The first-order valence-electron chi connectivity index (χ1n) is 11.3. The Labute approximate surface area is 204 Å². The number of carbonyl (C=O) groups is 3. The summed E-state index contributed by atoms with van der Waals surface area (Å²) >= 11 is 1.36. The number of carboxylic acids is 1. The summed E-state index contributed by atoms with van der Waals surface area (Å²) in [6.45, 7) is 6.54. The average molecular weight is 485 g/mol. The fourth-order valence-electron chi connectivity index (χ4n) is 4.09. The predicted molar refractivity (Wildman–Crippen MR) is 134 cm³/mol. The molecule has 0 fully saturated rings. The Hall–Kier alpha value is -3.00. The Balaban J connectivity index is 1.41. The van der Waals surface area contributed by atoms with Crippen molar-refractivity contribution in [3.05, 3.63) is 59.7 Å². The molecule has 0 radical (unpaired) electrons. The summed E-state index contributed by atoms with van der Waals surface area (Å²) < 4.78 is 5.50. The molecule has 0 spiro atoms. The van der Waals surface area contributed by atoms with Crippen molar-refractivity contribution < 1.29 is 24.2 Å². The molecule has 0 heterocycles. The number of amides is 2. The Kier molecular flexibility index (Phi) is 8.61. The van der Waals surface area contributed by atoms with E-state index < -0.39 is 12.1 Å². The van der Waals surface area contributed by atoms with Crippen LogP contribution < -0.4 is 5.32 Å². The molecule has 2 N–H and O–H groups in total. The Morgan fingerprint density at radius 2 is 1.62 bits per heavy atom. The van der Waals surface area contributed by atoms with Crippen molar-refractivity contribution in [1.82, 2.24) is 10.2 Å². The van der Waals surface area contributed by atoms with Crippen molar-refractivity contribution in [2.75, 3.05) is 37.7 Å². The summed E-state index contributed by atoms with van der Waals surface area (Å²) in [7, 11) is 0. The van der Waals surface area contributed by atoms with Crippen LogP contribution in [-0.4, -0.2) is 65.7 Å². The highest BCUT2D eigenvalue weighted by atomic mass is 32.2. The second kappa shape index (κ2) is 11.4. The van der Waals surface area contributed by atoms with Gasteiger partial charge in [-0.25, -0.2) is 4.79 Å². The summed E-state index contributed by atoms with van der Waals surface area (Å²) in [6, 6.07) is 16.3. The van der Waals surface area contributed by atoms with Gasteiger partial charge < -0.3 is 20.1 Å². The molecule has 182 valence electrons. The summed E-state index contributed by atoms with van der Waals surface area (Å²) in [5.74, 6) is -0.557. The second-order valence-electron chi connectivity index (χ2n) is 9.51. The topological polar surface area (TPSA) is 95.9 Å². The van der Waals surface area contributed by atoms with Crippen LogP contribution in [0.25, 0.3) is 11.1 Å². The molecule has 1 aliphatic carbocycles. The molecule has 7 nitrogen and oxygen atoms in total. The number of hydrogen-bond acceptors (Lipinski definition) is 5. The highest BCUT2D eigenvalue weighted by molar-refractivity contribution is 7.99. The molecule has 0 bridgehead atoms. The molecule has 2 aromatic rings. The Morgan fingerprint density at radius 3 is 2.18 bits per heavy atom. The van der Waals surface area contributed by atoms with Crippen LogP contribution in [0.4, 0.5) is 4.79 Å². The van der Waals surface area contributed by atoms with Crippen LogP contribution in [0.1, 0.15) is 37.8 Å². The van der Waals surface area contributed by atoms with Crippen LogP contribution in [0, 0.1) is 5.41 Å². The van der Waals surface area contributed by atoms with Crippen molar-refractivity contribution in [1.29, 1.82) is 0 Å². The van der Waals surface area contributed by atoms with Gasteiger partial charge in [-0.2, -0.15) is 11.8 Å². The third kappa shape index (κ3) is 7.00. The van der Waals surface area contributed by atoms with Crippen molar-refractivity contribution in [2.24, 2.45) is 5.41 Å². The van der Waals surface area contributed by atoms with Gasteiger partial charge in [0.25, 0.3) is 0 Å². The van der Waals surface area contributed by atoms with Crippen molar-refractivity contribution >= 4 is 29.7 Å². The summed E-state index contributed by atoms with van der Waals surface area (Å²) in [4.78, 5) is 37.1. The van der Waals surface area contributed by atoms with E-state index >= 15 is 0 Å². The number of thioether (sulfide) groups is 1. The fraction of sp³-hybridized carbons (Fsp3) is 0.423. The number of nitrogens with zero attached hydrogens (tertiary/aromatic N) is 1. The minimum absolute atomic E-state index is 0.00758. The van der Waals surface area contributed by atoms with Crippen LogP contribution in [-0.2, 0) is 14.3 Å². The number of fused-ring (bicyclic) bond motifs is 3. The van der Waals surface area contributed by atoms with E-state index in [9.17, 15) is 14.4 Å². The monoisotopic (exact) mass is 484 g/mol. The van der Waals surface area contributed by atoms with E-state index in [4.69, 9.17) is 9.84 Å². The molecule has 8 heteroatoms. The van der Waals surface area contributed by atoms with Gasteiger partial charge in [0.2, 0.25) is 5.91 Å². The maximum absolute atomic E-state index is 12.4. The van der Waals surface area contributed by atoms with E-state index in [0.29, 0.717) is 18.8 Å². The van der Waals surface area contributed by atoms with Gasteiger partial charge in [0.1, 0.15) is 13.2 Å². The zero-order valence-corrected chi connectivity index (χ0v) is 20.7. The number of carboxylic acid groups (broad SMARTS) is 1. The predicted octanol–water partition coefficient (Wildman–Crippen LogP) is 4.22. The smallest absolute Gasteiger partial charge is 0.407 e. The highest BCUT2D eigenvalue weighted by Gasteiger charge is 2.29. The lowest BCUT2D eigenvalue weighted by atomic mass is 9.96. The number of alkyl carbamates (subject to hydrolysis) is 1. The maximum Gasteiger partial charge on any atom is 0.407 e. The molecule has 0 unspecified atom stereocenters. The van der Waals surface area contributed by atoms with E-state index in [1.165, 1.54) is 27.8 Å². The summed E-state index contributed by atoms with van der Waals surface area (Å²) in [5.41, 5.74) is 4.48. The number of rotatable bonds is 10. The van der Waals surface area contributed by atoms with Gasteiger partial charge in [0.15, 0.2) is 0 Å². The number of nitrogens with one attached hydrogen (secondary N) is 1. The first kappa shape index (κ1) is 25.6. The van der Waals surface area contributed by atoms with Crippen LogP contribution in [0.15, 0.2) is 48.5 Å². The lowest BCUT2D eigenvalue weighted by Gasteiger charge is -2.28. The summed E-state index contributed by atoms with van der Waals surface area (Å²) in [5, 5.41) is 11.8. The van der Waals surface area contributed by atoms with Crippen molar-refractivity contribution in [3.63, 3.8) is 0 Å². The largest absolute Gasteiger partial charge is 0.480 e. The minimum Gasteiger partial charge on any atom is -0.480 e. The third-order valence-electron chi connectivity index (χ3n) is 5.43. The molecule has 0 aromatic heterocycles. The average Bonchev–Trinajstić information content (AvgIpc) is 3.09. The van der Waals surface area contributed by atoms with Crippen molar-refractivity contribution in [3.8, 4) is 11.1 Å². The van der Waals surface area contributed by atoms with E-state index in [2.05, 4.69) is 29.6 Å². The first-order valence-corrected chi connectivity index (χ1v) is 12.5. The molecule has 2 aromatic carbocycles. The quantitative estimate of drug-likeness (QED) is 0.490. The molecule has 34 heavy (non-hydrogen) atoms. The standard InChI is InChI=1S/C26H32N2O5S/c1-26(2,3)17-28(14-24(30)31)23(29)16-34-13-12-27-25(32)33-15-22-20-10-6-4-8-18(20)19-9-5-7-11-21(19)22/h4-11,22H,12-17H2,1-3H3,(H,27,32)(H,30,31). The van der Waals surface area contributed by atoms with Gasteiger partial charge in [-0.3, -0.25) is 9.59 Å². The van der Waals surface area contributed by atoms with Gasteiger partial charge in [-0.05, 0) is 27.7 Å². The lowest BCUT2D eigenvalue weighted by Crippen LogP contribution is -2.42. The molecular formula is C26H32N2O5S. The lowest BCUT2D eigenvalue weighted by molar-refractivity contribution is -0.144. The van der Waals surface area contributed by atoms with Crippen LogP contribution in [0.3, 0.4) is 0 Å². The molecule has 2 amide bonds. The molecule has 1 aliphatic rings. The first-order chi connectivity index (χ1) is 16.2. The van der Waals surface area contributed by atoms with Gasteiger partial charge in [0.05, 0.1) is 5.75 Å². The Morgan fingerprint density at radius 1 is 1.03 bits per heavy atom. The normalized spacial score (nSPS) is 12.6. The SMILES string of the molecule is CC(C)(C)CN(CC(=O)O)C(=O)CSCCNC(=O)OCC1c2ccccc2-c2ccccc21. The number of hydrogen-bond donors (Lipinski definition) is 2. The van der Waals surface area contributed by atoms with E-state index in [1.54, 1.807) is 0 Å². The third-order valence-corrected chi connectivity index (χ3v) is 6.37. The number of ether oxygens (including phenoxy) is 1. The van der Waals surface area contributed by atoms with Crippen LogP contribution in [0.5, 0.6) is 0 Å². The van der Waals surface area contributed by atoms with E-state index in [1.807, 2.05) is 45.0 Å². The number of benzene rings is 2. The zero-order chi connectivity index (χ0) is 24.7. The van der Waals surface area contributed by atoms with Gasteiger partial charge in [0, 0.05) is 24.8 Å². The molecule has 0 saturated heterocycles. The molecule has 3 rings (SSSR count). The van der Waals surface area contributed by atoms with Crippen LogP contribution in [0.2, 0.25) is 0 Å². The summed E-state index contributed by atoms with van der Waals surface area (Å²) in [6.07, 6.45) is -0.492. The van der Waals surface area contributed by atoms with E-state index in [-0.39, 0.29) is 36.1 Å². The molecule has 0 saturated carbocycles. The minimum atomic E-state index is -1.03. The highest BCUT2D eigenvalue weighted by Crippen LogP contribution is 2.44. The molecular weight excluding hydrogens is 452 g/mol. The van der Waals surface area contributed by atoms with E-state index in [0.717, 1.165) is 11.1 Å².